The zero-order valence-corrected chi connectivity index (χ0v) is 9.66. The molecule has 84 valence electrons. The number of hydrogen-bond donors (Lipinski definition) is 1. The summed E-state index contributed by atoms with van der Waals surface area (Å²) < 4.78 is 0. The molecule has 1 aliphatic carbocycles. The van der Waals surface area contributed by atoms with Crippen LogP contribution in [0.1, 0.15) is 38.3 Å². The fraction of sp³-hybridized carbons (Fsp3) is 0.538. The molecule has 0 unspecified atom stereocenters. The van der Waals surface area contributed by atoms with Crippen molar-refractivity contribution >= 4 is 5.69 Å². The lowest BCUT2D eigenvalue weighted by Gasteiger charge is -2.41. The van der Waals surface area contributed by atoms with Crippen LogP contribution in [-0.4, -0.2) is 11.5 Å². The number of rotatable bonds is 4. The van der Waals surface area contributed by atoms with Gasteiger partial charge in [0.2, 0.25) is 0 Å². The number of hydrogen-bond acceptors (Lipinski definition) is 3. The second-order valence-corrected chi connectivity index (χ2v) is 4.57. The number of pyridine rings is 1. The molecule has 16 heavy (non-hydrogen) atoms. The third kappa shape index (κ3) is 2.01. The maximum atomic E-state index is 8.92. The van der Waals surface area contributed by atoms with E-state index in [0.717, 1.165) is 12.2 Å². The van der Waals surface area contributed by atoms with E-state index in [1.165, 1.54) is 25.7 Å². The van der Waals surface area contributed by atoms with Crippen molar-refractivity contribution in [1.82, 2.24) is 4.98 Å². The largest absolute Gasteiger partial charge is 0.382 e. The van der Waals surface area contributed by atoms with Crippen molar-refractivity contribution in [1.29, 1.82) is 5.26 Å². The third-order valence-electron chi connectivity index (χ3n) is 3.73. The maximum absolute atomic E-state index is 8.92. The Morgan fingerprint density at radius 2 is 2.38 bits per heavy atom. The molecule has 1 aromatic heterocycles. The van der Waals surface area contributed by atoms with Crippen LogP contribution in [0.2, 0.25) is 0 Å². The molecule has 0 saturated heterocycles. The van der Waals surface area contributed by atoms with Crippen LogP contribution in [0.15, 0.2) is 18.3 Å². The lowest BCUT2D eigenvalue weighted by Crippen LogP contribution is -2.36. The van der Waals surface area contributed by atoms with E-state index in [0.29, 0.717) is 11.1 Å². The highest BCUT2D eigenvalue weighted by atomic mass is 14.9. The second-order valence-electron chi connectivity index (χ2n) is 4.57. The lowest BCUT2D eigenvalue weighted by molar-refractivity contribution is 0.145. The van der Waals surface area contributed by atoms with Crippen LogP contribution in [0.3, 0.4) is 0 Å². The fourth-order valence-corrected chi connectivity index (χ4v) is 2.25. The highest BCUT2D eigenvalue weighted by Gasteiger charge is 2.34. The Balaban J connectivity index is 2.02. The van der Waals surface area contributed by atoms with Gasteiger partial charge in [-0.15, -0.1) is 0 Å². The first kappa shape index (κ1) is 10.9. The van der Waals surface area contributed by atoms with Gasteiger partial charge in [0, 0.05) is 12.7 Å². The zero-order valence-electron chi connectivity index (χ0n) is 9.66. The van der Waals surface area contributed by atoms with Gasteiger partial charge in [-0.1, -0.05) is 13.3 Å². The Kier molecular flexibility index (Phi) is 3.09. The van der Waals surface area contributed by atoms with E-state index >= 15 is 0 Å². The molecule has 0 radical (unpaired) electrons. The molecule has 1 heterocycles. The molecule has 0 atom stereocenters. The van der Waals surface area contributed by atoms with Crippen LogP contribution < -0.4 is 5.32 Å². The topological polar surface area (TPSA) is 48.7 Å². The zero-order chi connectivity index (χ0) is 11.4. The minimum Gasteiger partial charge on any atom is -0.382 e. The van der Waals surface area contributed by atoms with Crippen molar-refractivity contribution in [2.45, 2.75) is 32.6 Å². The summed E-state index contributed by atoms with van der Waals surface area (Å²) in [6.07, 6.45) is 6.82. The summed E-state index contributed by atoms with van der Waals surface area (Å²) in [5.41, 5.74) is 1.82. The highest BCUT2D eigenvalue weighted by molar-refractivity contribution is 5.53. The second kappa shape index (κ2) is 4.52. The molecule has 2 rings (SSSR count). The summed E-state index contributed by atoms with van der Waals surface area (Å²) in [6.45, 7) is 3.21. The van der Waals surface area contributed by atoms with Crippen LogP contribution >= 0.6 is 0 Å². The molecule has 1 aliphatic rings. The molecular weight excluding hydrogens is 198 g/mol. The summed E-state index contributed by atoms with van der Waals surface area (Å²) in [4.78, 5) is 4.04. The quantitative estimate of drug-likeness (QED) is 0.840. The average molecular weight is 215 g/mol. The molecule has 0 amide bonds. The van der Waals surface area contributed by atoms with E-state index in [1.807, 2.05) is 12.1 Å². The number of nitrogens with one attached hydrogen (secondary N) is 1. The molecule has 0 spiro atoms. The average Bonchev–Trinajstić information content (AvgIpc) is 2.29. The van der Waals surface area contributed by atoms with Crippen molar-refractivity contribution in [3.8, 4) is 6.07 Å². The van der Waals surface area contributed by atoms with Gasteiger partial charge in [0.25, 0.3) is 0 Å². The molecule has 1 saturated carbocycles. The van der Waals surface area contributed by atoms with E-state index in [4.69, 9.17) is 5.26 Å². The smallest absolute Gasteiger partial charge is 0.163 e. The lowest BCUT2D eigenvalue weighted by atomic mass is 9.67. The Morgan fingerprint density at radius 1 is 1.56 bits per heavy atom. The maximum Gasteiger partial charge on any atom is 0.163 e. The van der Waals surface area contributed by atoms with E-state index < -0.39 is 0 Å². The van der Waals surface area contributed by atoms with Gasteiger partial charge in [0.1, 0.15) is 6.07 Å². The van der Waals surface area contributed by atoms with E-state index in [2.05, 4.69) is 23.3 Å². The fourth-order valence-electron chi connectivity index (χ4n) is 2.25. The van der Waals surface area contributed by atoms with Gasteiger partial charge in [-0.3, -0.25) is 0 Å². The Labute approximate surface area is 96.5 Å². The summed E-state index contributed by atoms with van der Waals surface area (Å²) >= 11 is 0. The van der Waals surface area contributed by atoms with Crippen molar-refractivity contribution < 1.29 is 0 Å². The Hall–Kier alpha value is -1.56. The molecule has 3 nitrogen and oxygen atoms in total. The van der Waals surface area contributed by atoms with E-state index in [9.17, 15) is 0 Å². The monoisotopic (exact) mass is 215 g/mol. The number of anilines is 1. The summed E-state index contributed by atoms with van der Waals surface area (Å²) in [7, 11) is 0. The molecular formula is C13H17N3. The first-order chi connectivity index (χ1) is 7.79. The summed E-state index contributed by atoms with van der Waals surface area (Å²) in [6, 6.07) is 5.90. The highest BCUT2D eigenvalue weighted by Crippen LogP contribution is 2.43. The SMILES string of the molecule is CCC1(CNc2cccnc2C#N)CCC1. The summed E-state index contributed by atoms with van der Waals surface area (Å²) in [5, 5.41) is 12.3. The minimum absolute atomic E-state index is 0.461. The predicted molar refractivity (Wildman–Crippen MR) is 64.0 cm³/mol. The summed E-state index contributed by atoms with van der Waals surface area (Å²) in [5.74, 6) is 0. The van der Waals surface area contributed by atoms with Crippen molar-refractivity contribution in [3.63, 3.8) is 0 Å². The van der Waals surface area contributed by atoms with Crippen LogP contribution in [0.5, 0.6) is 0 Å². The molecule has 3 heteroatoms. The molecule has 0 aliphatic heterocycles. The first-order valence-electron chi connectivity index (χ1n) is 5.89. The minimum atomic E-state index is 0.461. The number of aromatic nitrogens is 1. The third-order valence-corrected chi connectivity index (χ3v) is 3.73. The predicted octanol–water partition coefficient (Wildman–Crippen LogP) is 2.95. The van der Waals surface area contributed by atoms with Gasteiger partial charge in [-0.25, -0.2) is 4.98 Å². The molecule has 1 fully saturated rings. The van der Waals surface area contributed by atoms with E-state index in [1.54, 1.807) is 6.20 Å². The molecule has 0 bridgehead atoms. The first-order valence-corrected chi connectivity index (χ1v) is 5.89. The van der Waals surface area contributed by atoms with Crippen LogP contribution in [0, 0.1) is 16.7 Å². The standard InChI is InChI=1S/C13H17N3/c1-2-13(6-4-7-13)10-16-11-5-3-8-15-12(11)9-14/h3,5,8,16H,2,4,6-7,10H2,1H3. The molecule has 0 aromatic carbocycles. The molecule has 1 N–H and O–H groups in total. The van der Waals surface area contributed by atoms with E-state index in [-0.39, 0.29) is 0 Å². The van der Waals surface area contributed by atoms with Gasteiger partial charge in [-0.05, 0) is 36.8 Å². The van der Waals surface area contributed by atoms with Gasteiger partial charge >= 0.3 is 0 Å². The normalized spacial score (nSPS) is 17.2. The van der Waals surface area contributed by atoms with Crippen molar-refractivity contribution in [3.05, 3.63) is 24.0 Å². The van der Waals surface area contributed by atoms with Gasteiger partial charge < -0.3 is 5.32 Å². The molecule has 1 aromatic rings. The number of nitriles is 1. The van der Waals surface area contributed by atoms with Crippen LogP contribution in [0.4, 0.5) is 5.69 Å². The van der Waals surface area contributed by atoms with Gasteiger partial charge in [0.15, 0.2) is 5.69 Å². The van der Waals surface area contributed by atoms with Crippen LogP contribution in [-0.2, 0) is 0 Å². The van der Waals surface area contributed by atoms with Crippen LogP contribution in [0.25, 0.3) is 0 Å². The van der Waals surface area contributed by atoms with Crippen molar-refractivity contribution in [2.24, 2.45) is 5.41 Å². The van der Waals surface area contributed by atoms with Gasteiger partial charge in [0.05, 0.1) is 5.69 Å². The van der Waals surface area contributed by atoms with Gasteiger partial charge in [-0.2, -0.15) is 5.26 Å². The number of nitrogens with zero attached hydrogens (tertiary/aromatic N) is 2. The Morgan fingerprint density at radius 3 is 2.94 bits per heavy atom. The Bertz CT molecular complexity index is 396. The van der Waals surface area contributed by atoms with Crippen molar-refractivity contribution in [2.75, 3.05) is 11.9 Å².